The molecule has 1 aliphatic rings. The smallest absolute Gasteiger partial charge is 0.0834 e. The quantitative estimate of drug-likeness (QED) is 0.813. The van der Waals surface area contributed by atoms with Crippen molar-refractivity contribution in [2.45, 2.75) is 70.9 Å². The van der Waals surface area contributed by atoms with Crippen molar-refractivity contribution in [1.82, 2.24) is 5.32 Å². The third-order valence-electron chi connectivity index (χ3n) is 5.06. The standard InChI is InChI=1S/C19H31NO/c1-5-12-20-18(19(21-4)10-6-7-11-19)14-17-13-15(2)8-9-16(17)3/h8-9,13,18,20H,5-7,10-12,14H2,1-4H3. The molecule has 21 heavy (non-hydrogen) atoms. The van der Waals surface area contributed by atoms with Gasteiger partial charge in [0.1, 0.15) is 0 Å². The first-order valence-corrected chi connectivity index (χ1v) is 8.46. The molecule has 2 heteroatoms. The Balaban J connectivity index is 2.21. The van der Waals surface area contributed by atoms with Crippen LogP contribution in [0.15, 0.2) is 18.2 Å². The van der Waals surface area contributed by atoms with E-state index in [2.05, 4.69) is 44.3 Å². The zero-order valence-corrected chi connectivity index (χ0v) is 14.2. The summed E-state index contributed by atoms with van der Waals surface area (Å²) in [6.07, 6.45) is 7.21. The first-order valence-electron chi connectivity index (χ1n) is 8.46. The summed E-state index contributed by atoms with van der Waals surface area (Å²) < 4.78 is 6.04. The average Bonchev–Trinajstić information content (AvgIpc) is 2.97. The van der Waals surface area contributed by atoms with Crippen LogP contribution < -0.4 is 5.32 Å². The molecule has 1 atom stereocenters. The molecule has 0 bridgehead atoms. The minimum atomic E-state index is 0.0331. The molecule has 1 aromatic carbocycles. The second-order valence-electron chi connectivity index (χ2n) is 6.62. The summed E-state index contributed by atoms with van der Waals surface area (Å²) in [6.45, 7) is 7.70. The van der Waals surface area contributed by atoms with Crippen LogP contribution in [0.2, 0.25) is 0 Å². The fourth-order valence-corrected chi connectivity index (χ4v) is 3.67. The van der Waals surface area contributed by atoms with Crippen LogP contribution in [0, 0.1) is 13.8 Å². The summed E-state index contributed by atoms with van der Waals surface area (Å²) in [5.41, 5.74) is 4.24. The van der Waals surface area contributed by atoms with Crippen molar-refractivity contribution in [1.29, 1.82) is 0 Å². The van der Waals surface area contributed by atoms with Gasteiger partial charge in [-0.3, -0.25) is 0 Å². The molecular weight excluding hydrogens is 258 g/mol. The Bertz CT molecular complexity index is 449. The molecule has 1 unspecified atom stereocenters. The minimum Gasteiger partial charge on any atom is -0.377 e. The Labute approximate surface area is 130 Å². The summed E-state index contributed by atoms with van der Waals surface area (Å²) in [7, 11) is 1.90. The van der Waals surface area contributed by atoms with E-state index < -0.39 is 0 Å². The Morgan fingerprint density at radius 3 is 2.57 bits per heavy atom. The van der Waals surface area contributed by atoms with Crippen LogP contribution in [-0.2, 0) is 11.2 Å². The van der Waals surface area contributed by atoms with Crippen LogP contribution in [0.1, 0.15) is 55.7 Å². The van der Waals surface area contributed by atoms with Crippen molar-refractivity contribution in [2.24, 2.45) is 0 Å². The van der Waals surface area contributed by atoms with Crippen molar-refractivity contribution in [3.8, 4) is 0 Å². The monoisotopic (exact) mass is 289 g/mol. The highest BCUT2D eigenvalue weighted by molar-refractivity contribution is 5.31. The van der Waals surface area contributed by atoms with Gasteiger partial charge in [0.05, 0.1) is 5.60 Å². The SMILES string of the molecule is CCCNC(Cc1cc(C)ccc1C)C1(OC)CCCC1. The third kappa shape index (κ3) is 3.87. The maximum absolute atomic E-state index is 6.04. The third-order valence-corrected chi connectivity index (χ3v) is 5.06. The van der Waals surface area contributed by atoms with Gasteiger partial charge in [0, 0.05) is 13.2 Å². The highest BCUT2D eigenvalue weighted by atomic mass is 16.5. The Hall–Kier alpha value is -0.860. The first-order chi connectivity index (χ1) is 10.1. The van der Waals surface area contributed by atoms with Gasteiger partial charge in [0.2, 0.25) is 0 Å². The van der Waals surface area contributed by atoms with E-state index >= 15 is 0 Å². The lowest BCUT2D eigenvalue weighted by Gasteiger charge is -2.37. The maximum atomic E-state index is 6.04. The van der Waals surface area contributed by atoms with Crippen LogP contribution in [0.4, 0.5) is 0 Å². The number of nitrogens with one attached hydrogen (secondary N) is 1. The predicted molar refractivity (Wildman–Crippen MR) is 89.9 cm³/mol. The number of benzene rings is 1. The largest absolute Gasteiger partial charge is 0.377 e. The van der Waals surface area contributed by atoms with E-state index in [1.807, 2.05) is 7.11 Å². The van der Waals surface area contributed by atoms with Gasteiger partial charge in [-0.2, -0.15) is 0 Å². The number of methoxy groups -OCH3 is 1. The second-order valence-corrected chi connectivity index (χ2v) is 6.62. The minimum absolute atomic E-state index is 0.0331. The van der Waals surface area contributed by atoms with E-state index in [0.717, 1.165) is 13.0 Å². The lowest BCUT2D eigenvalue weighted by atomic mass is 9.85. The van der Waals surface area contributed by atoms with Gasteiger partial charge in [-0.1, -0.05) is 43.5 Å². The average molecular weight is 289 g/mol. The molecule has 0 spiro atoms. The van der Waals surface area contributed by atoms with Gasteiger partial charge in [-0.15, -0.1) is 0 Å². The molecule has 0 amide bonds. The van der Waals surface area contributed by atoms with Crippen molar-refractivity contribution < 1.29 is 4.74 Å². The first kappa shape index (κ1) is 16.5. The fourth-order valence-electron chi connectivity index (χ4n) is 3.67. The van der Waals surface area contributed by atoms with Crippen molar-refractivity contribution in [3.63, 3.8) is 0 Å². The van der Waals surface area contributed by atoms with Crippen molar-refractivity contribution >= 4 is 0 Å². The van der Waals surface area contributed by atoms with Gasteiger partial charge in [-0.05, 0) is 57.2 Å². The van der Waals surface area contributed by atoms with Gasteiger partial charge in [-0.25, -0.2) is 0 Å². The molecule has 1 fully saturated rings. The molecule has 0 aromatic heterocycles. The van der Waals surface area contributed by atoms with E-state index in [1.54, 1.807) is 0 Å². The predicted octanol–water partition coefficient (Wildman–Crippen LogP) is 4.17. The van der Waals surface area contributed by atoms with Gasteiger partial charge < -0.3 is 10.1 Å². The number of rotatable bonds is 7. The molecule has 0 saturated heterocycles. The number of ether oxygens (including phenoxy) is 1. The van der Waals surface area contributed by atoms with Crippen LogP contribution in [-0.4, -0.2) is 25.3 Å². The molecule has 1 aromatic rings. The number of hydrogen-bond acceptors (Lipinski definition) is 2. The topological polar surface area (TPSA) is 21.3 Å². The molecule has 0 aliphatic heterocycles. The molecule has 0 heterocycles. The summed E-state index contributed by atoms with van der Waals surface area (Å²) in [5, 5.41) is 3.77. The van der Waals surface area contributed by atoms with Gasteiger partial charge in [0.25, 0.3) is 0 Å². The molecule has 0 radical (unpaired) electrons. The normalized spacial score (nSPS) is 18.9. The van der Waals surface area contributed by atoms with Crippen LogP contribution >= 0.6 is 0 Å². The fraction of sp³-hybridized carbons (Fsp3) is 0.684. The van der Waals surface area contributed by atoms with Crippen LogP contribution in [0.5, 0.6) is 0 Å². The summed E-state index contributed by atoms with van der Waals surface area (Å²) in [6, 6.07) is 7.21. The maximum Gasteiger partial charge on any atom is 0.0834 e. The molecule has 1 aliphatic carbocycles. The number of hydrogen-bond donors (Lipinski definition) is 1. The van der Waals surface area contributed by atoms with E-state index in [0.29, 0.717) is 6.04 Å². The molecular formula is C19H31NO. The Kier molecular flexibility index (Phi) is 5.83. The number of aryl methyl sites for hydroxylation is 2. The molecule has 2 nitrogen and oxygen atoms in total. The Morgan fingerprint density at radius 1 is 1.24 bits per heavy atom. The Morgan fingerprint density at radius 2 is 1.95 bits per heavy atom. The molecule has 1 N–H and O–H groups in total. The van der Waals surface area contributed by atoms with Crippen molar-refractivity contribution in [3.05, 3.63) is 34.9 Å². The molecule has 1 saturated carbocycles. The van der Waals surface area contributed by atoms with E-state index in [1.165, 1.54) is 48.8 Å². The lowest BCUT2D eigenvalue weighted by molar-refractivity contribution is -0.0355. The summed E-state index contributed by atoms with van der Waals surface area (Å²) >= 11 is 0. The zero-order valence-electron chi connectivity index (χ0n) is 14.2. The van der Waals surface area contributed by atoms with E-state index in [4.69, 9.17) is 4.74 Å². The lowest BCUT2D eigenvalue weighted by Crippen LogP contribution is -2.52. The highest BCUT2D eigenvalue weighted by Crippen LogP contribution is 2.37. The summed E-state index contributed by atoms with van der Waals surface area (Å²) in [5.74, 6) is 0. The van der Waals surface area contributed by atoms with Gasteiger partial charge in [0.15, 0.2) is 0 Å². The van der Waals surface area contributed by atoms with E-state index in [-0.39, 0.29) is 5.60 Å². The van der Waals surface area contributed by atoms with Crippen LogP contribution in [0.25, 0.3) is 0 Å². The zero-order chi connectivity index (χ0) is 15.3. The van der Waals surface area contributed by atoms with Crippen molar-refractivity contribution in [2.75, 3.05) is 13.7 Å². The second kappa shape index (κ2) is 7.42. The highest BCUT2D eigenvalue weighted by Gasteiger charge is 2.41. The van der Waals surface area contributed by atoms with Crippen LogP contribution in [0.3, 0.4) is 0 Å². The molecule has 2 rings (SSSR count). The molecule has 118 valence electrons. The van der Waals surface area contributed by atoms with E-state index in [9.17, 15) is 0 Å². The summed E-state index contributed by atoms with van der Waals surface area (Å²) in [4.78, 5) is 0. The van der Waals surface area contributed by atoms with Gasteiger partial charge >= 0.3 is 0 Å².